The van der Waals surface area contributed by atoms with Gasteiger partial charge in [0.1, 0.15) is 17.1 Å². The Morgan fingerprint density at radius 3 is 2.81 bits per heavy atom. The molecular formula is C20H18FN3O2. The average Bonchev–Trinajstić information content (AvgIpc) is 2.63. The molecule has 4 rings (SSSR count). The molecule has 0 aliphatic carbocycles. The third kappa shape index (κ3) is 2.87. The molecule has 0 bridgehead atoms. The van der Waals surface area contributed by atoms with Gasteiger partial charge in [-0.1, -0.05) is 18.2 Å². The Hall–Kier alpha value is -3.02. The van der Waals surface area contributed by atoms with Crippen molar-refractivity contribution in [3.05, 3.63) is 64.7 Å². The number of amides is 1. The lowest BCUT2D eigenvalue weighted by atomic mass is 10.00. The van der Waals surface area contributed by atoms with Crippen LogP contribution >= 0.6 is 0 Å². The number of rotatable bonds is 2. The Labute approximate surface area is 150 Å². The smallest absolute Gasteiger partial charge is 0.254 e. The zero-order valence-corrected chi connectivity index (χ0v) is 14.5. The number of nitrogens with zero attached hydrogens (tertiary/aromatic N) is 2. The van der Waals surface area contributed by atoms with Crippen LogP contribution in [0.15, 0.2) is 36.4 Å². The molecule has 0 unspecified atom stereocenters. The molecule has 1 aromatic heterocycles. The normalized spacial score (nSPS) is 16.0. The molecule has 2 heterocycles. The minimum absolute atomic E-state index is 0.190. The van der Waals surface area contributed by atoms with Crippen LogP contribution in [0.5, 0.6) is 5.75 Å². The summed E-state index contributed by atoms with van der Waals surface area (Å²) in [7, 11) is 0. The van der Waals surface area contributed by atoms with E-state index < -0.39 is 5.82 Å². The highest BCUT2D eigenvalue weighted by atomic mass is 19.1. The summed E-state index contributed by atoms with van der Waals surface area (Å²) in [5, 5.41) is 2.99. The van der Waals surface area contributed by atoms with Gasteiger partial charge in [0.15, 0.2) is 0 Å². The lowest BCUT2D eigenvalue weighted by Crippen LogP contribution is -2.32. The van der Waals surface area contributed by atoms with E-state index in [1.807, 2.05) is 38.1 Å². The van der Waals surface area contributed by atoms with Crippen LogP contribution in [-0.4, -0.2) is 22.5 Å². The third-order valence-electron chi connectivity index (χ3n) is 4.65. The van der Waals surface area contributed by atoms with E-state index in [1.54, 1.807) is 0 Å². The molecule has 3 aromatic rings. The van der Waals surface area contributed by atoms with Crippen LogP contribution in [0.4, 0.5) is 4.39 Å². The molecule has 0 radical (unpaired) electrons. The Balaban J connectivity index is 1.72. The summed E-state index contributed by atoms with van der Waals surface area (Å²) in [6, 6.07) is 9.93. The highest BCUT2D eigenvalue weighted by Gasteiger charge is 2.24. The Kier molecular flexibility index (Phi) is 4.03. The summed E-state index contributed by atoms with van der Waals surface area (Å²) < 4.78 is 19.7. The van der Waals surface area contributed by atoms with Crippen molar-refractivity contribution in [3.8, 4) is 5.75 Å². The van der Waals surface area contributed by atoms with Gasteiger partial charge in [-0.3, -0.25) is 4.79 Å². The number of hydrogen-bond acceptors (Lipinski definition) is 4. The van der Waals surface area contributed by atoms with Gasteiger partial charge in [-0.05, 0) is 26.0 Å². The molecule has 1 amide bonds. The topological polar surface area (TPSA) is 64.1 Å². The second-order valence-corrected chi connectivity index (χ2v) is 6.42. The van der Waals surface area contributed by atoms with Gasteiger partial charge < -0.3 is 10.1 Å². The Bertz CT molecular complexity index is 1020. The fourth-order valence-electron chi connectivity index (χ4n) is 3.20. The zero-order valence-electron chi connectivity index (χ0n) is 14.5. The predicted molar refractivity (Wildman–Crippen MR) is 95.7 cm³/mol. The average molecular weight is 351 g/mol. The van der Waals surface area contributed by atoms with Crippen LogP contribution in [0.3, 0.4) is 0 Å². The predicted octanol–water partition coefficient (Wildman–Crippen LogP) is 3.64. The van der Waals surface area contributed by atoms with E-state index >= 15 is 0 Å². The fourth-order valence-corrected chi connectivity index (χ4v) is 3.20. The van der Waals surface area contributed by atoms with E-state index in [1.165, 1.54) is 12.1 Å². The van der Waals surface area contributed by atoms with Crippen molar-refractivity contribution in [2.45, 2.75) is 26.3 Å². The number of ether oxygens (including phenoxy) is 1. The number of nitrogens with one attached hydrogen (secondary N) is 1. The number of halogens is 1. The van der Waals surface area contributed by atoms with Crippen molar-refractivity contribution in [2.24, 2.45) is 0 Å². The van der Waals surface area contributed by atoms with E-state index in [0.717, 1.165) is 17.0 Å². The van der Waals surface area contributed by atoms with Crippen LogP contribution < -0.4 is 10.1 Å². The number of carbonyl (C=O) groups excluding carboxylic acids is 1. The molecular weight excluding hydrogens is 333 g/mol. The van der Waals surface area contributed by atoms with Crippen LogP contribution in [0.2, 0.25) is 0 Å². The maximum Gasteiger partial charge on any atom is 0.254 e. The standard InChI is InChI=1S/C20H18FN3O2/c1-11-12(2)23-19-15(9-13(21)10-17(19)22-11)20(25)24-16-7-8-26-18-6-4-3-5-14(16)18/h3-6,9-10,16H,7-8H2,1-2H3,(H,24,25)/t16-/m1/s1. The largest absolute Gasteiger partial charge is 0.493 e. The van der Waals surface area contributed by atoms with E-state index in [2.05, 4.69) is 15.3 Å². The van der Waals surface area contributed by atoms with E-state index in [9.17, 15) is 9.18 Å². The van der Waals surface area contributed by atoms with Gasteiger partial charge in [0, 0.05) is 18.1 Å². The van der Waals surface area contributed by atoms with Crippen LogP contribution in [0.25, 0.3) is 11.0 Å². The van der Waals surface area contributed by atoms with Crippen molar-refractivity contribution in [2.75, 3.05) is 6.61 Å². The van der Waals surface area contributed by atoms with Crippen LogP contribution in [0, 0.1) is 19.7 Å². The lowest BCUT2D eigenvalue weighted by molar-refractivity contribution is 0.0926. The molecule has 1 atom stereocenters. The molecule has 2 aromatic carbocycles. The summed E-state index contributed by atoms with van der Waals surface area (Å²) in [5.41, 5.74) is 3.34. The number of hydrogen-bond donors (Lipinski definition) is 1. The van der Waals surface area contributed by atoms with Crippen molar-refractivity contribution in [3.63, 3.8) is 0 Å². The van der Waals surface area contributed by atoms with Crippen molar-refractivity contribution >= 4 is 16.9 Å². The summed E-state index contributed by atoms with van der Waals surface area (Å²) in [5.74, 6) is -0.110. The van der Waals surface area contributed by atoms with E-state index in [4.69, 9.17) is 4.74 Å². The molecule has 1 aliphatic rings. The van der Waals surface area contributed by atoms with E-state index in [-0.39, 0.29) is 17.5 Å². The second-order valence-electron chi connectivity index (χ2n) is 6.42. The third-order valence-corrected chi connectivity index (χ3v) is 4.65. The molecule has 0 fully saturated rings. The maximum atomic E-state index is 14.0. The highest BCUT2D eigenvalue weighted by Crippen LogP contribution is 2.32. The minimum Gasteiger partial charge on any atom is -0.493 e. The number of aryl methyl sites for hydroxylation is 2. The summed E-state index contributed by atoms with van der Waals surface area (Å²) in [4.78, 5) is 21.7. The quantitative estimate of drug-likeness (QED) is 0.766. The summed E-state index contributed by atoms with van der Waals surface area (Å²) in [6.45, 7) is 4.15. The van der Waals surface area contributed by atoms with Crippen molar-refractivity contribution in [1.29, 1.82) is 0 Å². The zero-order chi connectivity index (χ0) is 18.3. The maximum absolute atomic E-state index is 14.0. The molecule has 1 aliphatic heterocycles. The Morgan fingerprint density at radius 1 is 1.19 bits per heavy atom. The highest BCUT2D eigenvalue weighted by molar-refractivity contribution is 6.05. The van der Waals surface area contributed by atoms with Gasteiger partial charge in [-0.25, -0.2) is 14.4 Å². The Morgan fingerprint density at radius 2 is 1.96 bits per heavy atom. The molecule has 132 valence electrons. The lowest BCUT2D eigenvalue weighted by Gasteiger charge is -2.26. The van der Waals surface area contributed by atoms with Crippen molar-refractivity contribution in [1.82, 2.24) is 15.3 Å². The first-order valence-corrected chi connectivity index (χ1v) is 8.50. The number of benzene rings is 2. The number of carbonyl (C=O) groups is 1. The molecule has 26 heavy (non-hydrogen) atoms. The number of para-hydroxylation sites is 1. The van der Waals surface area contributed by atoms with Gasteiger partial charge in [-0.15, -0.1) is 0 Å². The van der Waals surface area contributed by atoms with Gasteiger partial charge in [0.2, 0.25) is 0 Å². The van der Waals surface area contributed by atoms with Gasteiger partial charge >= 0.3 is 0 Å². The molecule has 0 spiro atoms. The summed E-state index contributed by atoms with van der Waals surface area (Å²) >= 11 is 0. The number of aromatic nitrogens is 2. The summed E-state index contributed by atoms with van der Waals surface area (Å²) in [6.07, 6.45) is 0.653. The minimum atomic E-state index is -0.507. The van der Waals surface area contributed by atoms with Gasteiger partial charge in [0.05, 0.1) is 35.1 Å². The number of fused-ring (bicyclic) bond motifs is 2. The second kappa shape index (κ2) is 6.37. The monoisotopic (exact) mass is 351 g/mol. The molecule has 1 N–H and O–H groups in total. The molecule has 6 heteroatoms. The molecule has 0 saturated heterocycles. The first-order valence-electron chi connectivity index (χ1n) is 8.50. The van der Waals surface area contributed by atoms with Gasteiger partial charge in [0.25, 0.3) is 5.91 Å². The molecule has 5 nitrogen and oxygen atoms in total. The first-order chi connectivity index (χ1) is 12.5. The SMILES string of the molecule is Cc1nc2cc(F)cc(C(=O)N[C@@H]3CCOc4ccccc43)c2nc1C. The first kappa shape index (κ1) is 16.4. The van der Waals surface area contributed by atoms with Crippen molar-refractivity contribution < 1.29 is 13.9 Å². The van der Waals surface area contributed by atoms with Gasteiger partial charge in [-0.2, -0.15) is 0 Å². The van der Waals surface area contributed by atoms with E-state index in [0.29, 0.717) is 29.8 Å². The van der Waals surface area contributed by atoms with Crippen LogP contribution in [-0.2, 0) is 0 Å². The fraction of sp³-hybridized carbons (Fsp3) is 0.250. The molecule has 0 saturated carbocycles. The van der Waals surface area contributed by atoms with Crippen LogP contribution in [0.1, 0.15) is 39.8 Å².